The van der Waals surface area contributed by atoms with Crippen molar-refractivity contribution in [3.05, 3.63) is 48.2 Å². The Bertz CT molecular complexity index is 854. The first-order chi connectivity index (χ1) is 14.7. The van der Waals surface area contributed by atoms with Crippen LogP contribution in [0, 0.1) is 0 Å². The zero-order valence-electron chi connectivity index (χ0n) is 17.7. The van der Waals surface area contributed by atoms with Crippen molar-refractivity contribution in [1.82, 2.24) is 4.98 Å². The highest BCUT2D eigenvalue weighted by molar-refractivity contribution is 5.76. The summed E-state index contributed by atoms with van der Waals surface area (Å²) in [7, 11) is 0. The van der Waals surface area contributed by atoms with Gasteiger partial charge in [0.1, 0.15) is 29.2 Å². The van der Waals surface area contributed by atoms with Crippen molar-refractivity contribution in [2.24, 2.45) is 0 Å². The molecule has 5 nitrogen and oxygen atoms in total. The number of halogens is 3. The molecule has 0 saturated carbocycles. The second kappa shape index (κ2) is 10.0. The average molecular weight is 436 g/mol. The molecule has 1 aliphatic rings. The van der Waals surface area contributed by atoms with E-state index in [9.17, 15) is 18.0 Å². The Labute approximate surface area is 180 Å². The van der Waals surface area contributed by atoms with Crippen LogP contribution < -0.4 is 14.4 Å². The van der Waals surface area contributed by atoms with E-state index in [1.807, 2.05) is 31.2 Å². The van der Waals surface area contributed by atoms with E-state index in [0.717, 1.165) is 30.1 Å². The Morgan fingerprint density at radius 2 is 1.90 bits per heavy atom. The first kappa shape index (κ1) is 22.9. The molecule has 0 N–H and O–H groups in total. The number of pyridine rings is 1. The van der Waals surface area contributed by atoms with E-state index in [1.54, 1.807) is 19.1 Å². The Hall–Kier alpha value is -2.77. The number of benzene rings is 1. The molecular weight excluding hydrogens is 409 g/mol. The number of carbonyl (C=O) groups excluding carboxylic acids is 1. The number of ketones is 1. The number of alkyl halides is 3. The van der Waals surface area contributed by atoms with Crippen molar-refractivity contribution < 1.29 is 27.4 Å². The third kappa shape index (κ3) is 7.15. The van der Waals surface area contributed by atoms with Gasteiger partial charge in [-0.3, -0.25) is 0 Å². The van der Waals surface area contributed by atoms with Crippen molar-refractivity contribution in [3.8, 4) is 11.5 Å². The van der Waals surface area contributed by atoms with Crippen LogP contribution in [-0.4, -0.2) is 42.7 Å². The summed E-state index contributed by atoms with van der Waals surface area (Å²) in [6, 6.07) is 11.2. The normalized spacial score (nSPS) is 17.5. The minimum absolute atomic E-state index is 0.0185. The molecule has 0 amide bonds. The Morgan fingerprint density at radius 3 is 2.52 bits per heavy atom. The zero-order valence-corrected chi connectivity index (χ0v) is 17.7. The van der Waals surface area contributed by atoms with Gasteiger partial charge in [-0.25, -0.2) is 4.98 Å². The summed E-state index contributed by atoms with van der Waals surface area (Å²) in [5, 5.41) is 0. The van der Waals surface area contributed by atoms with Gasteiger partial charge in [0.15, 0.2) is 0 Å². The van der Waals surface area contributed by atoms with E-state index in [0.29, 0.717) is 18.7 Å². The number of carbonyl (C=O) groups is 1. The van der Waals surface area contributed by atoms with E-state index in [4.69, 9.17) is 9.47 Å². The van der Waals surface area contributed by atoms with Gasteiger partial charge in [-0.1, -0.05) is 19.1 Å². The lowest BCUT2D eigenvalue weighted by Gasteiger charge is -2.19. The summed E-state index contributed by atoms with van der Waals surface area (Å²) < 4.78 is 47.8. The Kier molecular flexibility index (Phi) is 7.41. The van der Waals surface area contributed by atoms with Gasteiger partial charge in [0.2, 0.25) is 0 Å². The fourth-order valence-corrected chi connectivity index (χ4v) is 3.58. The smallest absolute Gasteiger partial charge is 0.392 e. The minimum Gasteiger partial charge on any atom is -0.492 e. The van der Waals surface area contributed by atoms with Crippen LogP contribution in [0.2, 0.25) is 0 Å². The number of Topliss-reactive ketones (excluding diaryl/α,β-unsaturated/α-hetero) is 1. The van der Waals surface area contributed by atoms with E-state index in [-0.39, 0.29) is 17.8 Å². The van der Waals surface area contributed by atoms with Gasteiger partial charge in [-0.05, 0) is 42.7 Å². The van der Waals surface area contributed by atoms with E-state index in [2.05, 4.69) is 9.88 Å². The summed E-state index contributed by atoms with van der Waals surface area (Å²) in [5.41, 5.74) is 1.11. The van der Waals surface area contributed by atoms with Gasteiger partial charge in [0.25, 0.3) is 0 Å². The highest BCUT2D eigenvalue weighted by atomic mass is 19.4. The summed E-state index contributed by atoms with van der Waals surface area (Å²) in [6.07, 6.45) is -2.39. The van der Waals surface area contributed by atoms with Gasteiger partial charge < -0.3 is 19.2 Å². The molecule has 0 spiro atoms. The van der Waals surface area contributed by atoms with Crippen LogP contribution in [0.5, 0.6) is 11.5 Å². The molecule has 0 radical (unpaired) electrons. The van der Waals surface area contributed by atoms with Crippen LogP contribution in [0.3, 0.4) is 0 Å². The Balaban J connectivity index is 1.48. The maximum absolute atomic E-state index is 12.2. The zero-order chi connectivity index (χ0) is 22.4. The molecule has 31 heavy (non-hydrogen) atoms. The molecule has 1 aromatic heterocycles. The van der Waals surface area contributed by atoms with E-state index in [1.165, 1.54) is 6.20 Å². The maximum Gasteiger partial charge on any atom is 0.392 e. The van der Waals surface area contributed by atoms with E-state index >= 15 is 0 Å². The topological polar surface area (TPSA) is 51.7 Å². The van der Waals surface area contributed by atoms with Crippen molar-refractivity contribution >= 4 is 11.6 Å². The fourth-order valence-electron chi connectivity index (χ4n) is 3.58. The molecule has 1 saturated heterocycles. The largest absolute Gasteiger partial charge is 0.492 e. The van der Waals surface area contributed by atoms with E-state index < -0.39 is 19.2 Å². The van der Waals surface area contributed by atoms with Crippen LogP contribution in [0.1, 0.15) is 44.6 Å². The third-order valence-electron chi connectivity index (χ3n) is 5.19. The van der Waals surface area contributed by atoms with Crippen molar-refractivity contribution in [2.45, 2.75) is 51.3 Å². The van der Waals surface area contributed by atoms with Gasteiger partial charge in [0.05, 0.1) is 25.8 Å². The number of anilines is 1. The average Bonchev–Trinajstić information content (AvgIpc) is 3.16. The summed E-state index contributed by atoms with van der Waals surface area (Å²) in [5.74, 6) is 2.20. The maximum atomic E-state index is 12.2. The van der Waals surface area contributed by atoms with Crippen molar-refractivity contribution in [3.63, 3.8) is 0 Å². The van der Waals surface area contributed by atoms with Crippen LogP contribution >= 0.6 is 0 Å². The van der Waals surface area contributed by atoms with Crippen molar-refractivity contribution in [1.29, 1.82) is 0 Å². The number of ether oxygens (including phenoxy) is 2. The molecule has 1 aromatic carbocycles. The monoisotopic (exact) mass is 436 g/mol. The van der Waals surface area contributed by atoms with Crippen LogP contribution in [-0.2, 0) is 4.79 Å². The first-order valence-corrected chi connectivity index (χ1v) is 10.4. The molecule has 1 unspecified atom stereocenters. The molecule has 2 atom stereocenters. The molecule has 1 fully saturated rings. The molecular formula is C23H27F3N2O3. The number of hydrogen-bond donors (Lipinski definition) is 0. The lowest BCUT2D eigenvalue weighted by molar-refractivity contribution is -0.139. The molecule has 3 rings (SSSR count). The molecule has 2 heterocycles. The second-order valence-corrected chi connectivity index (χ2v) is 7.92. The van der Waals surface area contributed by atoms with Crippen molar-refractivity contribution in [2.75, 3.05) is 24.6 Å². The van der Waals surface area contributed by atoms with Crippen LogP contribution in [0.15, 0.2) is 42.6 Å². The standard InChI is InChI=1S/C23H27F3N2O3/c1-16(13-17(2)29)18-3-5-19(6-4-18)31-21-9-11-28(15-21)22-8-7-20(14-27-22)30-12-10-23(24,25)26/h3-8,14,16,21H,9-13,15H2,1-2H3/t16-,21?/m1/s1. The number of nitrogens with zero attached hydrogens (tertiary/aromatic N) is 2. The first-order valence-electron chi connectivity index (χ1n) is 10.4. The lowest BCUT2D eigenvalue weighted by Crippen LogP contribution is -2.25. The SMILES string of the molecule is CC(=O)C[C@@H](C)c1ccc(OC2CCN(c3ccc(OCCC(F)(F)F)cn3)C2)cc1. The van der Waals surface area contributed by atoms with Gasteiger partial charge >= 0.3 is 6.18 Å². The number of aromatic nitrogens is 1. The fraction of sp³-hybridized carbons (Fsp3) is 0.478. The number of hydrogen-bond acceptors (Lipinski definition) is 5. The number of rotatable bonds is 9. The lowest BCUT2D eigenvalue weighted by atomic mass is 9.96. The quantitative estimate of drug-likeness (QED) is 0.544. The predicted molar refractivity (Wildman–Crippen MR) is 112 cm³/mol. The molecule has 0 bridgehead atoms. The van der Waals surface area contributed by atoms with Crippen LogP contribution in [0.25, 0.3) is 0 Å². The highest BCUT2D eigenvalue weighted by Crippen LogP contribution is 2.26. The van der Waals surface area contributed by atoms with Crippen LogP contribution in [0.4, 0.5) is 19.0 Å². The van der Waals surface area contributed by atoms with Gasteiger partial charge in [-0.2, -0.15) is 13.2 Å². The second-order valence-electron chi connectivity index (χ2n) is 7.92. The molecule has 0 aliphatic carbocycles. The van der Waals surface area contributed by atoms with Gasteiger partial charge in [-0.15, -0.1) is 0 Å². The van der Waals surface area contributed by atoms with Gasteiger partial charge in [0, 0.05) is 19.4 Å². The summed E-state index contributed by atoms with van der Waals surface area (Å²) in [6.45, 7) is 4.66. The molecule has 1 aliphatic heterocycles. The molecule has 168 valence electrons. The Morgan fingerprint density at radius 1 is 1.19 bits per heavy atom. The highest BCUT2D eigenvalue weighted by Gasteiger charge is 2.27. The summed E-state index contributed by atoms with van der Waals surface area (Å²) in [4.78, 5) is 17.7. The molecule has 8 heteroatoms. The minimum atomic E-state index is -4.23. The predicted octanol–water partition coefficient (Wildman–Crippen LogP) is 5.15. The molecule has 2 aromatic rings. The third-order valence-corrected chi connectivity index (χ3v) is 5.19. The summed E-state index contributed by atoms with van der Waals surface area (Å²) >= 11 is 0.